The highest BCUT2D eigenvalue weighted by Crippen LogP contribution is 2.29. The van der Waals surface area contributed by atoms with Crippen molar-refractivity contribution in [2.75, 3.05) is 0 Å². The molecule has 4 nitrogen and oxygen atoms in total. The molecule has 100 valence electrons. The first-order valence-corrected chi connectivity index (χ1v) is 7.20. The Kier molecular flexibility index (Phi) is 4.29. The number of hydrogen-bond donors (Lipinski definition) is 1. The van der Waals surface area contributed by atoms with E-state index in [0.717, 1.165) is 0 Å². The Bertz CT molecular complexity index is 631. The lowest BCUT2D eigenvalue weighted by molar-refractivity contribution is 0.0695. The van der Waals surface area contributed by atoms with Crippen LogP contribution in [0.4, 0.5) is 0 Å². The molecule has 0 aliphatic carbocycles. The fraction of sp³-hybridized carbons (Fsp3) is 0.0833. The van der Waals surface area contributed by atoms with Gasteiger partial charge in [0.15, 0.2) is 0 Å². The smallest absolute Gasteiger partial charge is 0.339 e. The van der Waals surface area contributed by atoms with E-state index in [4.69, 9.17) is 32.7 Å². The van der Waals surface area contributed by atoms with Crippen molar-refractivity contribution in [1.82, 2.24) is 0 Å². The number of furan rings is 1. The second-order valence-corrected chi connectivity index (χ2v) is 5.81. The molecule has 0 bridgehead atoms. The highest BCUT2D eigenvalue weighted by Gasteiger charge is 2.19. The largest absolute Gasteiger partial charge is 0.478 e. The third kappa shape index (κ3) is 3.00. The molecular formula is C12H8Cl2O4S. The highest BCUT2D eigenvalue weighted by atomic mass is 35.5. The van der Waals surface area contributed by atoms with Gasteiger partial charge in [0, 0.05) is 0 Å². The molecule has 1 atom stereocenters. The van der Waals surface area contributed by atoms with Gasteiger partial charge in [0.1, 0.15) is 11.3 Å². The molecule has 1 aromatic heterocycles. The predicted molar refractivity (Wildman–Crippen MR) is 72.2 cm³/mol. The molecule has 0 aliphatic rings. The fourth-order valence-electron chi connectivity index (χ4n) is 1.53. The molecule has 0 aliphatic heterocycles. The number of benzene rings is 1. The molecule has 0 spiro atoms. The zero-order valence-corrected chi connectivity index (χ0v) is 11.8. The van der Waals surface area contributed by atoms with E-state index in [2.05, 4.69) is 0 Å². The van der Waals surface area contributed by atoms with E-state index in [9.17, 15) is 9.00 Å². The molecule has 19 heavy (non-hydrogen) atoms. The third-order valence-corrected chi connectivity index (χ3v) is 4.66. The second-order valence-electron chi connectivity index (χ2n) is 3.60. The van der Waals surface area contributed by atoms with Gasteiger partial charge in [-0.2, -0.15) is 0 Å². The number of carboxylic acids is 1. The highest BCUT2D eigenvalue weighted by molar-refractivity contribution is 7.84. The van der Waals surface area contributed by atoms with Crippen LogP contribution in [0.1, 0.15) is 16.1 Å². The summed E-state index contributed by atoms with van der Waals surface area (Å²) >= 11 is 11.9. The normalized spacial score (nSPS) is 12.3. The SMILES string of the molecule is O=C(O)c1ccoc1CS(=O)c1c(Cl)cccc1Cl. The minimum absolute atomic E-state index is 0.0171. The number of halogens is 2. The Morgan fingerprint density at radius 1 is 1.26 bits per heavy atom. The topological polar surface area (TPSA) is 67.5 Å². The third-order valence-electron chi connectivity index (χ3n) is 2.38. The van der Waals surface area contributed by atoms with Gasteiger partial charge in [-0.05, 0) is 18.2 Å². The lowest BCUT2D eigenvalue weighted by Crippen LogP contribution is -2.03. The Morgan fingerprint density at radius 3 is 2.47 bits per heavy atom. The van der Waals surface area contributed by atoms with Gasteiger partial charge in [0.25, 0.3) is 0 Å². The maximum atomic E-state index is 12.2. The summed E-state index contributed by atoms with van der Waals surface area (Å²) in [5, 5.41) is 9.48. The lowest BCUT2D eigenvalue weighted by Gasteiger charge is -2.06. The average Bonchev–Trinajstić information content (AvgIpc) is 2.76. The molecule has 0 saturated heterocycles. The summed E-state index contributed by atoms with van der Waals surface area (Å²) < 4.78 is 17.3. The molecule has 1 aromatic carbocycles. The van der Waals surface area contributed by atoms with Crippen LogP contribution in [-0.2, 0) is 16.6 Å². The number of carboxylic acid groups (broad SMARTS) is 1. The van der Waals surface area contributed by atoms with E-state index in [1.54, 1.807) is 18.2 Å². The maximum Gasteiger partial charge on any atom is 0.339 e. The van der Waals surface area contributed by atoms with E-state index >= 15 is 0 Å². The first-order valence-electron chi connectivity index (χ1n) is 5.12. The summed E-state index contributed by atoms with van der Waals surface area (Å²) in [7, 11) is -1.58. The molecule has 1 N–H and O–H groups in total. The molecule has 7 heteroatoms. The summed E-state index contributed by atoms with van der Waals surface area (Å²) in [5.41, 5.74) is -0.0171. The van der Waals surface area contributed by atoms with Crippen molar-refractivity contribution in [3.8, 4) is 0 Å². The van der Waals surface area contributed by atoms with E-state index in [-0.39, 0.29) is 32.0 Å². The molecule has 0 amide bonds. The van der Waals surface area contributed by atoms with Gasteiger partial charge in [-0.25, -0.2) is 4.79 Å². The Balaban J connectivity index is 2.31. The summed E-state index contributed by atoms with van der Waals surface area (Å²) in [4.78, 5) is 11.2. The minimum Gasteiger partial charge on any atom is -0.478 e. The second kappa shape index (κ2) is 5.77. The zero-order valence-electron chi connectivity index (χ0n) is 9.43. The van der Waals surface area contributed by atoms with Crippen molar-refractivity contribution in [2.45, 2.75) is 10.6 Å². The lowest BCUT2D eigenvalue weighted by atomic mass is 10.3. The molecule has 1 unspecified atom stereocenters. The molecule has 0 fully saturated rings. The van der Waals surface area contributed by atoms with Gasteiger partial charge in [0.05, 0.1) is 37.8 Å². The van der Waals surface area contributed by atoms with Crippen molar-refractivity contribution >= 4 is 40.0 Å². The number of carbonyl (C=O) groups is 1. The zero-order chi connectivity index (χ0) is 14.0. The molecule has 0 saturated carbocycles. The van der Waals surface area contributed by atoms with Crippen molar-refractivity contribution < 1.29 is 18.5 Å². The first-order chi connectivity index (χ1) is 9.00. The number of hydrogen-bond acceptors (Lipinski definition) is 3. The van der Waals surface area contributed by atoms with Crippen LogP contribution in [0.15, 0.2) is 39.8 Å². The molecule has 2 aromatic rings. The van der Waals surface area contributed by atoms with E-state index in [0.29, 0.717) is 0 Å². The van der Waals surface area contributed by atoms with Crippen molar-refractivity contribution in [1.29, 1.82) is 0 Å². The Morgan fingerprint density at radius 2 is 1.89 bits per heavy atom. The van der Waals surface area contributed by atoms with Gasteiger partial charge in [0.2, 0.25) is 0 Å². The van der Waals surface area contributed by atoms with Crippen molar-refractivity contribution in [3.05, 3.63) is 51.9 Å². The molecule has 0 radical (unpaired) electrons. The van der Waals surface area contributed by atoms with Crippen LogP contribution in [0.5, 0.6) is 0 Å². The van der Waals surface area contributed by atoms with Crippen LogP contribution in [0, 0.1) is 0 Å². The van der Waals surface area contributed by atoms with Crippen LogP contribution in [0.3, 0.4) is 0 Å². The summed E-state index contributed by atoms with van der Waals surface area (Å²) in [6, 6.07) is 6.09. The molecular weight excluding hydrogens is 311 g/mol. The summed E-state index contributed by atoms with van der Waals surface area (Å²) in [5.74, 6) is -1.11. The molecule has 2 rings (SSSR count). The summed E-state index contributed by atoms with van der Waals surface area (Å²) in [6.07, 6.45) is 1.24. The van der Waals surface area contributed by atoms with Crippen LogP contribution >= 0.6 is 23.2 Å². The standard InChI is InChI=1S/C12H8Cl2O4S/c13-8-2-1-3-9(14)11(8)19(17)6-10-7(12(15)16)4-5-18-10/h1-5H,6H2,(H,15,16). The van der Waals surface area contributed by atoms with E-state index in [1.807, 2.05) is 0 Å². The first kappa shape index (κ1) is 14.1. The fourth-order valence-corrected chi connectivity index (χ4v) is 3.63. The van der Waals surface area contributed by atoms with Crippen molar-refractivity contribution in [2.24, 2.45) is 0 Å². The van der Waals surface area contributed by atoms with Crippen LogP contribution < -0.4 is 0 Å². The number of aromatic carboxylic acids is 1. The van der Waals surface area contributed by atoms with Crippen molar-refractivity contribution in [3.63, 3.8) is 0 Å². The van der Waals surface area contributed by atoms with Gasteiger partial charge in [-0.3, -0.25) is 4.21 Å². The Labute approximate surface area is 121 Å². The van der Waals surface area contributed by atoms with E-state index in [1.165, 1.54) is 12.3 Å². The van der Waals surface area contributed by atoms with Gasteiger partial charge in [-0.1, -0.05) is 29.3 Å². The van der Waals surface area contributed by atoms with Gasteiger partial charge < -0.3 is 9.52 Å². The minimum atomic E-state index is -1.58. The van der Waals surface area contributed by atoms with Gasteiger partial charge in [-0.15, -0.1) is 0 Å². The Hall–Kier alpha value is -1.30. The maximum absolute atomic E-state index is 12.2. The quantitative estimate of drug-likeness (QED) is 0.935. The average molecular weight is 319 g/mol. The number of rotatable bonds is 4. The van der Waals surface area contributed by atoms with Crippen LogP contribution in [0.2, 0.25) is 10.0 Å². The van der Waals surface area contributed by atoms with Crippen LogP contribution in [-0.4, -0.2) is 15.3 Å². The predicted octanol–water partition coefficient (Wildman–Crippen LogP) is 3.59. The molecule has 1 heterocycles. The summed E-state index contributed by atoms with van der Waals surface area (Å²) in [6.45, 7) is 0. The van der Waals surface area contributed by atoms with Crippen LogP contribution in [0.25, 0.3) is 0 Å². The van der Waals surface area contributed by atoms with E-state index < -0.39 is 16.8 Å². The monoisotopic (exact) mass is 318 g/mol. The van der Waals surface area contributed by atoms with Gasteiger partial charge >= 0.3 is 5.97 Å².